The lowest BCUT2D eigenvalue weighted by molar-refractivity contribution is -0.133. The Morgan fingerprint density at radius 2 is 2.08 bits per heavy atom. The minimum atomic E-state index is 0.132. The number of piperazine rings is 1. The molecular weight excluding hydrogens is 370 g/mol. The summed E-state index contributed by atoms with van der Waals surface area (Å²) in [6.07, 6.45) is 3.56. The highest BCUT2D eigenvalue weighted by molar-refractivity contribution is 7.14. The average molecular weight is 390 g/mol. The van der Waals surface area contributed by atoms with Crippen molar-refractivity contribution in [3.05, 3.63) is 28.9 Å². The van der Waals surface area contributed by atoms with Crippen molar-refractivity contribution in [3.63, 3.8) is 0 Å². The van der Waals surface area contributed by atoms with Gasteiger partial charge in [-0.05, 0) is 19.9 Å². The molecule has 8 heteroatoms. The Hall–Kier alpha value is -2.12. The van der Waals surface area contributed by atoms with Gasteiger partial charge in [0, 0.05) is 60.8 Å². The van der Waals surface area contributed by atoms with E-state index >= 15 is 0 Å². The molecule has 3 aromatic heterocycles. The van der Waals surface area contributed by atoms with Crippen molar-refractivity contribution in [2.24, 2.45) is 0 Å². The molecule has 1 N–H and O–H groups in total. The van der Waals surface area contributed by atoms with Gasteiger partial charge in [-0.15, -0.1) is 11.3 Å². The minimum Gasteiger partial charge on any atom is -0.345 e. The fourth-order valence-corrected chi connectivity index (χ4v) is 4.83. The van der Waals surface area contributed by atoms with Gasteiger partial charge in [-0.2, -0.15) is 0 Å². The molecule has 0 saturated carbocycles. The first-order valence-corrected chi connectivity index (χ1v) is 9.82. The summed E-state index contributed by atoms with van der Waals surface area (Å²) in [4.78, 5) is 28.4. The van der Waals surface area contributed by atoms with E-state index < -0.39 is 0 Å². The van der Waals surface area contributed by atoms with Gasteiger partial charge >= 0.3 is 0 Å². The number of rotatable bonds is 2. The number of amides is 1. The molecule has 1 aliphatic rings. The van der Waals surface area contributed by atoms with Gasteiger partial charge in [0.25, 0.3) is 0 Å². The molecule has 1 saturated heterocycles. The van der Waals surface area contributed by atoms with Gasteiger partial charge in [0.05, 0.1) is 10.7 Å². The molecule has 4 rings (SSSR count). The van der Waals surface area contributed by atoms with E-state index in [1.807, 2.05) is 17.2 Å². The zero-order chi connectivity index (χ0) is 18.4. The normalized spacial score (nSPS) is 20.8. The third kappa shape index (κ3) is 2.95. The summed E-state index contributed by atoms with van der Waals surface area (Å²) in [5.41, 5.74) is 2.71. The van der Waals surface area contributed by atoms with E-state index in [0.717, 1.165) is 40.5 Å². The highest BCUT2D eigenvalue weighted by Crippen LogP contribution is 2.34. The molecule has 0 radical (unpaired) electrons. The Kier molecular flexibility index (Phi) is 4.36. The van der Waals surface area contributed by atoms with Crippen LogP contribution in [-0.4, -0.2) is 50.9 Å². The number of H-pyrrole nitrogens is 1. The van der Waals surface area contributed by atoms with Crippen molar-refractivity contribution in [2.45, 2.75) is 32.9 Å². The fourth-order valence-electron chi connectivity index (χ4n) is 3.82. The number of fused-ring (bicyclic) bond motifs is 1. The van der Waals surface area contributed by atoms with Gasteiger partial charge in [-0.1, -0.05) is 11.6 Å². The SMILES string of the molecule is CC(=O)N1[C@H](C)CN(c2nc(-c3c[nH]c4ncc(Cl)cc34)cs2)C[C@@H]1C. The highest BCUT2D eigenvalue weighted by atomic mass is 35.5. The first kappa shape index (κ1) is 17.3. The monoisotopic (exact) mass is 389 g/mol. The first-order valence-electron chi connectivity index (χ1n) is 8.56. The van der Waals surface area contributed by atoms with Crippen LogP contribution >= 0.6 is 22.9 Å². The van der Waals surface area contributed by atoms with Crippen LogP contribution in [0.5, 0.6) is 0 Å². The summed E-state index contributed by atoms with van der Waals surface area (Å²) in [6, 6.07) is 2.24. The summed E-state index contributed by atoms with van der Waals surface area (Å²) in [5, 5.41) is 4.62. The number of hydrogen-bond acceptors (Lipinski definition) is 5. The van der Waals surface area contributed by atoms with Crippen molar-refractivity contribution in [1.29, 1.82) is 0 Å². The number of carbonyl (C=O) groups is 1. The lowest BCUT2D eigenvalue weighted by atomic mass is 10.1. The van der Waals surface area contributed by atoms with Gasteiger partial charge in [0.1, 0.15) is 5.65 Å². The quantitative estimate of drug-likeness (QED) is 0.724. The molecule has 1 amide bonds. The number of pyridine rings is 1. The number of nitrogens with zero attached hydrogens (tertiary/aromatic N) is 4. The maximum Gasteiger partial charge on any atom is 0.220 e. The van der Waals surface area contributed by atoms with Crippen LogP contribution in [-0.2, 0) is 4.79 Å². The predicted octanol–water partition coefficient (Wildman–Crippen LogP) is 3.79. The number of halogens is 1. The van der Waals surface area contributed by atoms with E-state index in [2.05, 4.69) is 34.1 Å². The van der Waals surface area contributed by atoms with Gasteiger partial charge in [0.15, 0.2) is 5.13 Å². The second-order valence-electron chi connectivity index (χ2n) is 6.80. The number of thiazole rings is 1. The maximum atomic E-state index is 11.8. The van der Waals surface area contributed by atoms with Gasteiger partial charge in [-0.25, -0.2) is 9.97 Å². The lowest BCUT2D eigenvalue weighted by Crippen LogP contribution is -2.58. The van der Waals surface area contributed by atoms with Gasteiger partial charge in [-0.3, -0.25) is 4.79 Å². The first-order chi connectivity index (χ1) is 12.4. The van der Waals surface area contributed by atoms with Crippen LogP contribution in [0, 0.1) is 0 Å². The topological polar surface area (TPSA) is 65.1 Å². The average Bonchev–Trinajstić information content (AvgIpc) is 3.19. The fraction of sp³-hybridized carbons (Fsp3) is 0.389. The predicted molar refractivity (Wildman–Crippen MR) is 106 cm³/mol. The zero-order valence-electron chi connectivity index (χ0n) is 14.9. The smallest absolute Gasteiger partial charge is 0.220 e. The molecule has 0 unspecified atom stereocenters. The minimum absolute atomic E-state index is 0.132. The Morgan fingerprint density at radius 3 is 2.77 bits per heavy atom. The van der Waals surface area contributed by atoms with Crippen LogP contribution in [0.15, 0.2) is 23.8 Å². The zero-order valence-corrected chi connectivity index (χ0v) is 16.4. The van der Waals surface area contributed by atoms with Crippen molar-refractivity contribution < 1.29 is 4.79 Å². The number of aromatic nitrogens is 3. The molecule has 1 fully saturated rings. The van der Waals surface area contributed by atoms with E-state index in [9.17, 15) is 4.79 Å². The molecule has 4 heterocycles. The van der Waals surface area contributed by atoms with Gasteiger partial charge < -0.3 is 14.8 Å². The van der Waals surface area contributed by atoms with E-state index in [-0.39, 0.29) is 18.0 Å². The van der Waals surface area contributed by atoms with Gasteiger partial charge in [0.2, 0.25) is 5.91 Å². The summed E-state index contributed by atoms with van der Waals surface area (Å²) in [5.74, 6) is 0.132. The lowest BCUT2D eigenvalue weighted by Gasteiger charge is -2.44. The summed E-state index contributed by atoms with van der Waals surface area (Å²) < 4.78 is 0. The number of nitrogens with one attached hydrogen (secondary N) is 1. The Labute approximate surface area is 160 Å². The number of carbonyl (C=O) groups excluding carboxylic acids is 1. The molecule has 0 aromatic carbocycles. The van der Waals surface area contributed by atoms with Crippen LogP contribution in [0.4, 0.5) is 5.13 Å². The molecule has 136 valence electrons. The summed E-state index contributed by atoms with van der Waals surface area (Å²) in [7, 11) is 0. The third-order valence-electron chi connectivity index (χ3n) is 4.82. The van der Waals surface area contributed by atoms with E-state index in [0.29, 0.717) is 5.02 Å². The number of hydrogen-bond donors (Lipinski definition) is 1. The molecule has 2 atom stereocenters. The summed E-state index contributed by atoms with van der Waals surface area (Å²) >= 11 is 7.72. The van der Waals surface area contributed by atoms with E-state index in [1.54, 1.807) is 24.5 Å². The third-order valence-corrected chi connectivity index (χ3v) is 5.93. The Morgan fingerprint density at radius 1 is 1.35 bits per heavy atom. The van der Waals surface area contributed by atoms with Crippen molar-refractivity contribution in [1.82, 2.24) is 19.9 Å². The molecular formula is C18H20ClN5OS. The van der Waals surface area contributed by atoms with Crippen molar-refractivity contribution in [2.75, 3.05) is 18.0 Å². The standard InChI is InChI=1S/C18H20ClN5OS/c1-10-7-23(8-11(2)24(10)12(3)25)18-22-16(9-26-18)15-6-21-17-14(15)4-13(19)5-20-17/h4-6,9-11H,7-8H2,1-3H3,(H,20,21)/t10-,11+. The Balaban J connectivity index is 1.62. The second kappa shape index (κ2) is 6.55. The molecule has 1 aliphatic heterocycles. The van der Waals surface area contributed by atoms with E-state index in [1.165, 1.54) is 0 Å². The van der Waals surface area contributed by atoms with Crippen LogP contribution < -0.4 is 4.90 Å². The highest BCUT2D eigenvalue weighted by Gasteiger charge is 2.32. The molecule has 26 heavy (non-hydrogen) atoms. The maximum absolute atomic E-state index is 11.8. The van der Waals surface area contributed by atoms with E-state index in [4.69, 9.17) is 16.6 Å². The second-order valence-corrected chi connectivity index (χ2v) is 8.07. The Bertz CT molecular complexity index is 956. The number of anilines is 1. The molecule has 0 aliphatic carbocycles. The molecule has 6 nitrogen and oxygen atoms in total. The molecule has 0 spiro atoms. The largest absolute Gasteiger partial charge is 0.345 e. The van der Waals surface area contributed by atoms with Crippen LogP contribution in [0.2, 0.25) is 5.02 Å². The van der Waals surface area contributed by atoms with Crippen molar-refractivity contribution in [3.8, 4) is 11.3 Å². The molecule has 3 aromatic rings. The number of aromatic amines is 1. The van der Waals surface area contributed by atoms with Crippen LogP contribution in [0.1, 0.15) is 20.8 Å². The van der Waals surface area contributed by atoms with Crippen molar-refractivity contribution >= 4 is 45.0 Å². The van der Waals surface area contributed by atoms with Crippen LogP contribution in [0.3, 0.4) is 0 Å². The molecule has 0 bridgehead atoms. The summed E-state index contributed by atoms with van der Waals surface area (Å²) in [6.45, 7) is 7.40. The van der Waals surface area contributed by atoms with Crippen LogP contribution in [0.25, 0.3) is 22.3 Å².